The lowest BCUT2D eigenvalue weighted by Crippen LogP contribution is -2.40. The molecule has 0 saturated heterocycles. The van der Waals surface area contributed by atoms with Gasteiger partial charge in [-0.1, -0.05) is 26.0 Å². The van der Waals surface area contributed by atoms with Crippen LogP contribution in [0.15, 0.2) is 12.2 Å². The number of carboxylic acids is 1. The fourth-order valence-corrected chi connectivity index (χ4v) is 2.37. The third-order valence-corrected chi connectivity index (χ3v) is 4.20. The van der Waals surface area contributed by atoms with Crippen molar-refractivity contribution in [2.45, 2.75) is 51.6 Å². The maximum Gasteiger partial charge on any atom is 0.305 e. The second-order valence-corrected chi connectivity index (χ2v) is 6.06. The van der Waals surface area contributed by atoms with Crippen LogP contribution in [0, 0.1) is 11.3 Å². The van der Waals surface area contributed by atoms with E-state index in [9.17, 15) is 9.59 Å². The quantitative estimate of drug-likeness (QED) is 0.415. The summed E-state index contributed by atoms with van der Waals surface area (Å²) in [5.74, 6) is -0.303. The van der Waals surface area contributed by atoms with Crippen molar-refractivity contribution in [3.05, 3.63) is 12.2 Å². The summed E-state index contributed by atoms with van der Waals surface area (Å²) in [7, 11) is 0. The molecule has 1 unspecified atom stereocenters. The van der Waals surface area contributed by atoms with Gasteiger partial charge in [-0.05, 0) is 30.6 Å². The molecular formula is C15H26N2O3. The summed E-state index contributed by atoms with van der Waals surface area (Å²) >= 11 is 0. The Balaban J connectivity index is 2.27. The van der Waals surface area contributed by atoms with E-state index >= 15 is 0 Å². The van der Waals surface area contributed by atoms with E-state index in [1.807, 2.05) is 6.08 Å². The van der Waals surface area contributed by atoms with Crippen LogP contribution in [-0.2, 0) is 9.59 Å². The standard InChI is InChI=1S/C15H26N2O3/c1-11(2)15(6-7-15)5-3-4-12(16)9-17-13(10-18)8-14(19)20/h3-4,10-13,17H,5-9,16H2,1-2H3,(H,19,20)/t12?,13-/m0/s1. The van der Waals surface area contributed by atoms with E-state index in [4.69, 9.17) is 10.8 Å². The van der Waals surface area contributed by atoms with E-state index in [2.05, 4.69) is 25.2 Å². The largest absolute Gasteiger partial charge is 0.481 e. The number of hydrogen-bond acceptors (Lipinski definition) is 4. The molecule has 5 nitrogen and oxygen atoms in total. The van der Waals surface area contributed by atoms with Gasteiger partial charge in [0.2, 0.25) is 0 Å². The van der Waals surface area contributed by atoms with E-state index in [1.165, 1.54) is 12.8 Å². The van der Waals surface area contributed by atoms with Gasteiger partial charge in [0, 0.05) is 12.6 Å². The lowest BCUT2D eigenvalue weighted by Gasteiger charge is -2.17. The smallest absolute Gasteiger partial charge is 0.305 e. The van der Waals surface area contributed by atoms with E-state index in [0.717, 1.165) is 6.42 Å². The zero-order valence-electron chi connectivity index (χ0n) is 12.3. The number of hydrogen-bond donors (Lipinski definition) is 3. The van der Waals surface area contributed by atoms with Crippen LogP contribution in [0.3, 0.4) is 0 Å². The number of aliphatic carboxylic acids is 1. The van der Waals surface area contributed by atoms with Gasteiger partial charge < -0.3 is 21.0 Å². The van der Waals surface area contributed by atoms with Crippen LogP contribution in [0.1, 0.15) is 39.5 Å². The highest BCUT2D eigenvalue weighted by molar-refractivity contribution is 5.73. The Bertz CT molecular complexity index is 362. The maximum atomic E-state index is 10.7. The molecule has 0 aromatic heterocycles. The SMILES string of the molecule is CC(C)C1(CC=CC(N)CN[C@H](C=O)CC(=O)O)CC1. The molecule has 0 aromatic rings. The molecule has 2 atom stereocenters. The van der Waals surface area contributed by atoms with Crippen molar-refractivity contribution in [2.75, 3.05) is 6.54 Å². The van der Waals surface area contributed by atoms with Gasteiger partial charge in [-0.2, -0.15) is 0 Å². The first-order valence-corrected chi connectivity index (χ1v) is 7.22. The van der Waals surface area contributed by atoms with Crippen molar-refractivity contribution >= 4 is 12.3 Å². The second kappa shape index (κ2) is 7.55. The molecule has 0 radical (unpaired) electrons. The Morgan fingerprint density at radius 2 is 2.10 bits per heavy atom. The van der Waals surface area contributed by atoms with E-state index in [1.54, 1.807) is 0 Å². The highest BCUT2D eigenvalue weighted by atomic mass is 16.4. The lowest BCUT2D eigenvalue weighted by atomic mass is 9.89. The topological polar surface area (TPSA) is 92.4 Å². The Morgan fingerprint density at radius 3 is 2.55 bits per heavy atom. The Kier molecular flexibility index (Phi) is 6.36. The predicted molar refractivity (Wildman–Crippen MR) is 78.3 cm³/mol. The van der Waals surface area contributed by atoms with Crippen molar-refractivity contribution in [2.24, 2.45) is 17.1 Å². The number of carbonyl (C=O) groups is 2. The van der Waals surface area contributed by atoms with Crippen molar-refractivity contribution in [3.63, 3.8) is 0 Å². The minimum Gasteiger partial charge on any atom is -0.481 e. The zero-order chi connectivity index (χ0) is 15.2. The molecule has 1 aliphatic carbocycles. The molecule has 0 aliphatic heterocycles. The first-order chi connectivity index (χ1) is 9.39. The Morgan fingerprint density at radius 1 is 1.45 bits per heavy atom. The summed E-state index contributed by atoms with van der Waals surface area (Å²) < 4.78 is 0. The van der Waals surface area contributed by atoms with Gasteiger partial charge in [-0.3, -0.25) is 4.79 Å². The third-order valence-electron chi connectivity index (χ3n) is 4.20. The summed E-state index contributed by atoms with van der Waals surface area (Å²) in [6, 6.07) is -0.869. The van der Waals surface area contributed by atoms with Gasteiger partial charge in [0.25, 0.3) is 0 Å². The van der Waals surface area contributed by atoms with Gasteiger partial charge in [0.05, 0.1) is 12.5 Å². The van der Waals surface area contributed by atoms with Crippen LogP contribution in [0.2, 0.25) is 0 Å². The van der Waals surface area contributed by atoms with Gasteiger partial charge >= 0.3 is 5.97 Å². The Labute approximate surface area is 120 Å². The number of allylic oxidation sites excluding steroid dienone is 1. The van der Waals surface area contributed by atoms with Crippen LogP contribution < -0.4 is 11.1 Å². The Hall–Kier alpha value is -1.20. The molecule has 0 spiro atoms. The number of carboxylic acid groups (broad SMARTS) is 1. The summed E-state index contributed by atoms with van der Waals surface area (Å²) in [4.78, 5) is 21.2. The minimum atomic E-state index is -0.994. The normalized spacial score (nSPS) is 20.0. The third kappa shape index (κ3) is 5.43. The molecule has 1 fully saturated rings. The molecule has 0 amide bonds. The van der Waals surface area contributed by atoms with E-state index in [-0.39, 0.29) is 12.5 Å². The molecule has 0 bridgehead atoms. The number of carbonyl (C=O) groups excluding carboxylic acids is 1. The summed E-state index contributed by atoms with van der Waals surface area (Å²) in [6.45, 7) is 4.91. The van der Waals surface area contributed by atoms with Crippen LogP contribution in [0.5, 0.6) is 0 Å². The predicted octanol–water partition coefficient (Wildman–Crippen LogP) is 1.33. The van der Waals surface area contributed by atoms with Crippen molar-refractivity contribution in [1.82, 2.24) is 5.32 Å². The van der Waals surface area contributed by atoms with Crippen LogP contribution in [-0.4, -0.2) is 36.0 Å². The van der Waals surface area contributed by atoms with Gasteiger partial charge in [0.15, 0.2) is 0 Å². The van der Waals surface area contributed by atoms with Crippen LogP contribution in [0.4, 0.5) is 0 Å². The first kappa shape index (κ1) is 16.9. The molecule has 5 heteroatoms. The summed E-state index contributed by atoms with van der Waals surface area (Å²) in [5.41, 5.74) is 6.39. The molecule has 1 saturated carbocycles. The van der Waals surface area contributed by atoms with Gasteiger partial charge in [0.1, 0.15) is 6.29 Å². The summed E-state index contributed by atoms with van der Waals surface area (Å²) in [5, 5.41) is 11.5. The number of nitrogens with one attached hydrogen (secondary N) is 1. The molecule has 4 N–H and O–H groups in total. The lowest BCUT2D eigenvalue weighted by molar-refractivity contribution is -0.138. The van der Waals surface area contributed by atoms with Gasteiger partial charge in [-0.15, -0.1) is 0 Å². The first-order valence-electron chi connectivity index (χ1n) is 7.22. The molecule has 1 aliphatic rings. The average molecular weight is 282 g/mol. The van der Waals surface area contributed by atoms with Crippen molar-refractivity contribution in [1.29, 1.82) is 0 Å². The molecular weight excluding hydrogens is 256 g/mol. The zero-order valence-corrected chi connectivity index (χ0v) is 12.3. The minimum absolute atomic E-state index is 0.200. The number of aldehydes is 1. The molecule has 0 aromatic carbocycles. The van der Waals surface area contributed by atoms with E-state index < -0.39 is 12.0 Å². The second-order valence-electron chi connectivity index (χ2n) is 6.06. The van der Waals surface area contributed by atoms with Crippen molar-refractivity contribution in [3.8, 4) is 0 Å². The van der Waals surface area contributed by atoms with Crippen LogP contribution >= 0.6 is 0 Å². The highest BCUT2D eigenvalue weighted by Crippen LogP contribution is 2.54. The monoisotopic (exact) mass is 282 g/mol. The molecule has 0 heterocycles. The molecule has 20 heavy (non-hydrogen) atoms. The average Bonchev–Trinajstić information content (AvgIpc) is 3.15. The maximum absolute atomic E-state index is 10.7. The van der Waals surface area contributed by atoms with Gasteiger partial charge in [-0.25, -0.2) is 0 Å². The molecule has 114 valence electrons. The van der Waals surface area contributed by atoms with Crippen molar-refractivity contribution < 1.29 is 14.7 Å². The van der Waals surface area contributed by atoms with Crippen LogP contribution in [0.25, 0.3) is 0 Å². The highest BCUT2D eigenvalue weighted by Gasteiger charge is 2.43. The number of rotatable bonds is 10. The fraction of sp³-hybridized carbons (Fsp3) is 0.733. The molecule has 1 rings (SSSR count). The fourth-order valence-electron chi connectivity index (χ4n) is 2.37. The number of nitrogens with two attached hydrogens (primary N) is 1. The summed E-state index contributed by atoms with van der Waals surface area (Å²) in [6.07, 6.45) is 8.08. The van der Waals surface area contributed by atoms with E-state index in [0.29, 0.717) is 24.2 Å².